The van der Waals surface area contributed by atoms with E-state index >= 15 is 0 Å². The van der Waals surface area contributed by atoms with Crippen LogP contribution in [-0.4, -0.2) is 35.2 Å². The van der Waals surface area contributed by atoms with Crippen molar-refractivity contribution < 1.29 is 14.4 Å². The van der Waals surface area contributed by atoms with Crippen LogP contribution in [0.15, 0.2) is 18.2 Å². The Bertz CT molecular complexity index is 593. The van der Waals surface area contributed by atoms with E-state index in [1.165, 1.54) is 13.8 Å². The highest BCUT2D eigenvalue weighted by Crippen LogP contribution is 2.24. The largest absolute Gasteiger partial charge is 0.336 e. The Hall–Kier alpha value is -2.37. The van der Waals surface area contributed by atoms with Gasteiger partial charge < -0.3 is 15.5 Å². The zero-order chi connectivity index (χ0) is 17.0. The zero-order valence-corrected chi connectivity index (χ0v) is 13.8. The Morgan fingerprint density at radius 2 is 1.57 bits per heavy atom. The summed E-state index contributed by atoms with van der Waals surface area (Å²) in [5, 5.41) is 5.33. The molecule has 23 heavy (non-hydrogen) atoms. The summed E-state index contributed by atoms with van der Waals surface area (Å²) >= 11 is 0. The molecule has 0 unspecified atom stereocenters. The van der Waals surface area contributed by atoms with E-state index in [-0.39, 0.29) is 23.8 Å². The van der Waals surface area contributed by atoms with E-state index < -0.39 is 0 Å². The van der Waals surface area contributed by atoms with Crippen LogP contribution in [0.4, 0.5) is 11.4 Å². The second-order valence-corrected chi connectivity index (χ2v) is 6.00. The quantitative estimate of drug-likeness (QED) is 0.899. The number of carbonyl (C=O) groups is 3. The maximum Gasteiger partial charge on any atom is 0.254 e. The lowest BCUT2D eigenvalue weighted by atomic mass is 10.0. The van der Waals surface area contributed by atoms with E-state index in [1.54, 1.807) is 18.2 Å². The first-order chi connectivity index (χ1) is 10.9. The SMILES string of the molecule is CC(=O)Nc1cc(NC(C)=O)cc(C(=O)N2CCCC[C@H]2C)c1. The van der Waals surface area contributed by atoms with Crippen LogP contribution in [0.1, 0.15) is 50.4 Å². The molecule has 0 aliphatic carbocycles. The van der Waals surface area contributed by atoms with Gasteiger partial charge >= 0.3 is 0 Å². The number of rotatable bonds is 3. The van der Waals surface area contributed by atoms with Gasteiger partial charge in [-0.25, -0.2) is 0 Å². The van der Waals surface area contributed by atoms with Crippen LogP contribution in [0.3, 0.4) is 0 Å². The molecular weight excluding hydrogens is 294 g/mol. The van der Waals surface area contributed by atoms with Crippen molar-refractivity contribution in [3.05, 3.63) is 23.8 Å². The van der Waals surface area contributed by atoms with E-state index in [2.05, 4.69) is 10.6 Å². The highest BCUT2D eigenvalue weighted by atomic mass is 16.2. The van der Waals surface area contributed by atoms with Gasteiger partial charge in [-0.15, -0.1) is 0 Å². The Kier molecular flexibility index (Phi) is 5.36. The number of nitrogens with zero attached hydrogens (tertiary/aromatic N) is 1. The average molecular weight is 317 g/mol. The van der Waals surface area contributed by atoms with Crippen molar-refractivity contribution in [1.29, 1.82) is 0 Å². The first-order valence-corrected chi connectivity index (χ1v) is 7.88. The maximum absolute atomic E-state index is 12.8. The Morgan fingerprint density at radius 1 is 1.00 bits per heavy atom. The van der Waals surface area contributed by atoms with Crippen molar-refractivity contribution in [3.63, 3.8) is 0 Å². The Balaban J connectivity index is 2.32. The number of anilines is 2. The van der Waals surface area contributed by atoms with Crippen molar-refractivity contribution in [2.75, 3.05) is 17.2 Å². The van der Waals surface area contributed by atoms with Crippen LogP contribution in [0.5, 0.6) is 0 Å². The maximum atomic E-state index is 12.8. The van der Waals surface area contributed by atoms with E-state index in [1.807, 2.05) is 11.8 Å². The van der Waals surface area contributed by atoms with E-state index in [0.717, 1.165) is 25.8 Å². The lowest BCUT2D eigenvalue weighted by molar-refractivity contribution is -0.115. The fraction of sp³-hybridized carbons (Fsp3) is 0.471. The number of carbonyl (C=O) groups excluding carboxylic acids is 3. The summed E-state index contributed by atoms with van der Waals surface area (Å²) in [5.41, 5.74) is 1.46. The molecule has 1 fully saturated rings. The third-order valence-electron chi connectivity index (χ3n) is 3.88. The molecule has 6 heteroatoms. The van der Waals surface area contributed by atoms with Gasteiger partial charge in [-0.2, -0.15) is 0 Å². The third kappa shape index (κ3) is 4.55. The molecular formula is C17H23N3O3. The van der Waals surface area contributed by atoms with Gasteiger partial charge in [-0.3, -0.25) is 14.4 Å². The monoisotopic (exact) mass is 317 g/mol. The molecule has 0 aromatic heterocycles. The third-order valence-corrected chi connectivity index (χ3v) is 3.88. The highest BCUT2D eigenvalue weighted by Gasteiger charge is 2.24. The molecule has 0 spiro atoms. The predicted octanol–water partition coefficient (Wildman–Crippen LogP) is 2.62. The predicted molar refractivity (Wildman–Crippen MR) is 89.4 cm³/mol. The summed E-state index contributed by atoms with van der Waals surface area (Å²) < 4.78 is 0. The summed E-state index contributed by atoms with van der Waals surface area (Å²) in [6.45, 7) is 5.59. The molecule has 1 saturated heterocycles. The normalized spacial score (nSPS) is 17.5. The van der Waals surface area contributed by atoms with Crippen LogP contribution >= 0.6 is 0 Å². The van der Waals surface area contributed by atoms with Crippen LogP contribution in [0.2, 0.25) is 0 Å². The molecule has 1 aliphatic heterocycles. The number of amides is 3. The zero-order valence-electron chi connectivity index (χ0n) is 13.8. The van der Waals surface area contributed by atoms with Crippen LogP contribution in [0.25, 0.3) is 0 Å². The van der Waals surface area contributed by atoms with Gasteiger partial charge in [0.1, 0.15) is 0 Å². The van der Waals surface area contributed by atoms with Crippen molar-refractivity contribution in [2.45, 2.75) is 46.1 Å². The second kappa shape index (κ2) is 7.26. The highest BCUT2D eigenvalue weighted by molar-refractivity contribution is 6.00. The molecule has 1 aromatic rings. The van der Waals surface area contributed by atoms with E-state index in [9.17, 15) is 14.4 Å². The first-order valence-electron chi connectivity index (χ1n) is 7.88. The molecule has 124 valence electrons. The van der Waals surface area contributed by atoms with E-state index in [0.29, 0.717) is 16.9 Å². The minimum Gasteiger partial charge on any atom is -0.336 e. The Morgan fingerprint density at radius 3 is 2.04 bits per heavy atom. The first kappa shape index (κ1) is 17.0. The molecule has 1 heterocycles. The van der Waals surface area contributed by atoms with Gasteiger partial charge in [0.05, 0.1) is 0 Å². The molecule has 2 rings (SSSR count). The molecule has 6 nitrogen and oxygen atoms in total. The van der Waals surface area contributed by atoms with Gasteiger partial charge in [0.25, 0.3) is 5.91 Å². The molecule has 2 N–H and O–H groups in total. The fourth-order valence-electron chi connectivity index (χ4n) is 2.87. The summed E-state index contributed by atoms with van der Waals surface area (Å²) in [6, 6.07) is 5.14. The van der Waals surface area contributed by atoms with Crippen molar-refractivity contribution in [2.24, 2.45) is 0 Å². The molecule has 0 radical (unpaired) electrons. The number of piperidine rings is 1. The molecule has 1 aliphatic rings. The summed E-state index contributed by atoms with van der Waals surface area (Å²) in [5.74, 6) is -0.527. The summed E-state index contributed by atoms with van der Waals surface area (Å²) in [7, 11) is 0. The van der Waals surface area contributed by atoms with Crippen LogP contribution in [0, 0.1) is 0 Å². The minimum absolute atomic E-state index is 0.0731. The number of benzene rings is 1. The summed E-state index contributed by atoms with van der Waals surface area (Å²) in [6.07, 6.45) is 3.13. The van der Waals surface area contributed by atoms with Crippen LogP contribution in [-0.2, 0) is 9.59 Å². The van der Waals surface area contributed by atoms with Gasteiger partial charge in [0, 0.05) is 43.4 Å². The van der Waals surface area contributed by atoms with Crippen molar-refractivity contribution >= 4 is 29.1 Å². The smallest absolute Gasteiger partial charge is 0.254 e. The Labute approximate surface area is 136 Å². The van der Waals surface area contributed by atoms with Gasteiger partial charge in [0.15, 0.2) is 0 Å². The van der Waals surface area contributed by atoms with Crippen LogP contribution < -0.4 is 10.6 Å². The number of hydrogen-bond acceptors (Lipinski definition) is 3. The number of hydrogen-bond donors (Lipinski definition) is 2. The standard InChI is InChI=1S/C17H23N3O3/c1-11-6-4-5-7-20(11)17(23)14-8-15(18-12(2)21)10-16(9-14)19-13(3)22/h8-11H,4-7H2,1-3H3,(H,18,21)(H,19,22)/t11-/m1/s1. The molecule has 0 saturated carbocycles. The van der Waals surface area contributed by atoms with Gasteiger partial charge in [-0.05, 0) is 44.4 Å². The average Bonchev–Trinajstić information content (AvgIpc) is 2.45. The molecule has 1 atom stereocenters. The molecule has 0 bridgehead atoms. The molecule has 1 aromatic carbocycles. The lowest BCUT2D eigenvalue weighted by Gasteiger charge is -2.33. The van der Waals surface area contributed by atoms with Gasteiger partial charge in [-0.1, -0.05) is 0 Å². The van der Waals surface area contributed by atoms with Gasteiger partial charge in [0.2, 0.25) is 11.8 Å². The topological polar surface area (TPSA) is 78.5 Å². The summed E-state index contributed by atoms with van der Waals surface area (Å²) in [4.78, 5) is 37.2. The number of nitrogens with one attached hydrogen (secondary N) is 2. The number of likely N-dealkylation sites (tertiary alicyclic amines) is 1. The van der Waals surface area contributed by atoms with E-state index in [4.69, 9.17) is 0 Å². The van der Waals surface area contributed by atoms with Crippen molar-refractivity contribution in [1.82, 2.24) is 4.90 Å². The van der Waals surface area contributed by atoms with Crippen molar-refractivity contribution in [3.8, 4) is 0 Å². The lowest BCUT2D eigenvalue weighted by Crippen LogP contribution is -2.42. The second-order valence-electron chi connectivity index (χ2n) is 6.00. The fourth-order valence-corrected chi connectivity index (χ4v) is 2.87. The minimum atomic E-state index is -0.227. The molecule has 3 amide bonds.